The zero-order chi connectivity index (χ0) is 25.6. The molecular weight excluding hydrogens is 493 g/mol. The van der Waals surface area contributed by atoms with Gasteiger partial charge in [0, 0.05) is 18.7 Å². The first-order valence-corrected chi connectivity index (χ1v) is 12.0. The van der Waals surface area contributed by atoms with Crippen LogP contribution >= 0.6 is 0 Å². The third kappa shape index (κ3) is 2.63. The van der Waals surface area contributed by atoms with Crippen molar-refractivity contribution in [1.82, 2.24) is 50.1 Å². The Morgan fingerprint density at radius 2 is 2.05 bits per heavy atom. The number of H-pyrrole nitrogens is 1. The largest absolute Gasteiger partial charge is 0.357 e. The number of fused-ring (bicyclic) bond motifs is 2. The molecule has 1 aromatic carbocycles. The first kappa shape index (κ1) is 21.1. The number of anilines is 1. The van der Waals surface area contributed by atoms with Crippen LogP contribution in [-0.4, -0.2) is 79.4 Å². The van der Waals surface area contributed by atoms with E-state index in [9.17, 15) is 14.0 Å². The number of amides is 1. The molecule has 4 aromatic heterocycles. The maximum absolute atomic E-state index is 14.9. The van der Waals surface area contributed by atoms with Gasteiger partial charge in [-0.2, -0.15) is 4.68 Å². The van der Waals surface area contributed by atoms with Crippen molar-refractivity contribution in [3.8, 4) is 11.5 Å². The second-order valence-electron chi connectivity index (χ2n) is 10.0. The van der Waals surface area contributed by atoms with Crippen molar-refractivity contribution in [3.05, 3.63) is 66.5 Å². The molecule has 14 heteroatoms. The lowest BCUT2D eigenvalue weighted by molar-refractivity contribution is -0.127. The number of halogens is 1. The van der Waals surface area contributed by atoms with Crippen LogP contribution in [0.15, 0.2) is 55.1 Å². The Labute approximate surface area is 212 Å². The summed E-state index contributed by atoms with van der Waals surface area (Å²) in [7, 11) is 0. The Hall–Kier alpha value is -5.01. The highest BCUT2D eigenvalue weighted by atomic mass is 19.1. The van der Waals surface area contributed by atoms with Gasteiger partial charge in [-0.3, -0.25) is 9.59 Å². The molecule has 2 bridgehead atoms. The van der Waals surface area contributed by atoms with E-state index in [1.54, 1.807) is 15.8 Å². The van der Waals surface area contributed by atoms with Gasteiger partial charge in [0.25, 0.3) is 11.7 Å². The zero-order valence-electron chi connectivity index (χ0n) is 19.6. The number of carbonyl (C=O) groups excluding carboxylic acids is 2. The van der Waals surface area contributed by atoms with Crippen LogP contribution in [0.25, 0.3) is 22.4 Å². The molecule has 5 aromatic rings. The number of piperidine rings is 1. The van der Waals surface area contributed by atoms with Crippen molar-refractivity contribution in [2.24, 2.45) is 5.92 Å². The number of ketones is 1. The van der Waals surface area contributed by atoms with Gasteiger partial charge in [0.2, 0.25) is 5.95 Å². The molecule has 6 heterocycles. The molecule has 2 saturated carbocycles. The van der Waals surface area contributed by atoms with Crippen LogP contribution in [0, 0.1) is 11.7 Å². The Morgan fingerprint density at radius 1 is 1.18 bits per heavy atom. The zero-order valence-corrected chi connectivity index (χ0v) is 19.6. The van der Waals surface area contributed by atoms with Crippen LogP contribution in [0.4, 0.5) is 10.3 Å². The van der Waals surface area contributed by atoms with E-state index in [1.807, 2.05) is 30.3 Å². The van der Waals surface area contributed by atoms with Gasteiger partial charge in [0.1, 0.15) is 0 Å². The van der Waals surface area contributed by atoms with E-state index in [0.29, 0.717) is 18.9 Å². The standard InChI is InChI=1S/C24H18FN11O2/c25-15-10-27-20(35-7-6-28-32-35)18-17(15)14(9-26-18)19(37)21(38)34-12-23(11-24(34)8-16(23)24)29-22-30-31-33-36(22)13-4-2-1-3-5-13/h1-7,9-10,16,26H,8,11-12H2,(H,29,30,33)/t16?,23-,24?/m1/s1. The molecule has 9 rings (SSSR count). The van der Waals surface area contributed by atoms with Crippen molar-refractivity contribution in [2.45, 2.75) is 23.9 Å². The van der Waals surface area contributed by atoms with Crippen LogP contribution in [0.5, 0.6) is 0 Å². The summed E-state index contributed by atoms with van der Waals surface area (Å²) >= 11 is 0. The number of nitrogens with zero attached hydrogens (tertiary/aromatic N) is 9. The van der Waals surface area contributed by atoms with Crippen molar-refractivity contribution in [3.63, 3.8) is 0 Å². The highest BCUT2D eigenvalue weighted by molar-refractivity contribution is 6.45. The quantitative estimate of drug-likeness (QED) is 0.254. The van der Waals surface area contributed by atoms with Crippen LogP contribution in [0.1, 0.15) is 23.2 Å². The van der Waals surface area contributed by atoms with Gasteiger partial charge in [-0.25, -0.2) is 14.1 Å². The van der Waals surface area contributed by atoms with Crippen LogP contribution < -0.4 is 5.32 Å². The van der Waals surface area contributed by atoms with Crippen LogP contribution in [-0.2, 0) is 4.79 Å². The monoisotopic (exact) mass is 511 g/mol. The van der Waals surface area contributed by atoms with E-state index in [2.05, 4.69) is 41.1 Å². The topological polar surface area (TPSA) is 152 Å². The first-order valence-electron chi connectivity index (χ1n) is 12.0. The molecule has 1 amide bonds. The lowest BCUT2D eigenvalue weighted by Crippen LogP contribution is -2.50. The Morgan fingerprint density at radius 3 is 2.84 bits per heavy atom. The number of benzene rings is 1. The van der Waals surface area contributed by atoms with E-state index < -0.39 is 23.0 Å². The van der Waals surface area contributed by atoms with Crippen molar-refractivity contribution >= 4 is 28.5 Å². The predicted molar refractivity (Wildman–Crippen MR) is 128 cm³/mol. The molecular formula is C24H18FN11O2. The molecule has 0 radical (unpaired) electrons. The van der Waals surface area contributed by atoms with Crippen molar-refractivity contribution < 1.29 is 14.0 Å². The van der Waals surface area contributed by atoms with Crippen molar-refractivity contribution in [2.75, 3.05) is 11.9 Å². The van der Waals surface area contributed by atoms with Gasteiger partial charge in [0.15, 0.2) is 11.6 Å². The Kier molecular flexibility index (Phi) is 3.92. The molecule has 2 aliphatic carbocycles. The number of aromatic nitrogens is 9. The van der Waals surface area contributed by atoms with Crippen molar-refractivity contribution in [1.29, 1.82) is 0 Å². The van der Waals surface area contributed by atoms with Gasteiger partial charge in [-0.05, 0) is 35.4 Å². The molecule has 13 nitrogen and oxygen atoms in total. The average Bonchev–Trinajstić information content (AvgIpc) is 3.60. The number of para-hydroxylation sites is 1. The fourth-order valence-electron chi connectivity index (χ4n) is 6.42. The third-order valence-corrected chi connectivity index (χ3v) is 8.11. The number of tetrazole rings is 1. The van der Waals surface area contributed by atoms with Gasteiger partial charge in [0.05, 0.1) is 51.8 Å². The summed E-state index contributed by atoms with van der Waals surface area (Å²) in [6.45, 7) is 0.334. The molecule has 2 aliphatic heterocycles. The molecule has 3 atom stereocenters. The molecule has 38 heavy (non-hydrogen) atoms. The summed E-state index contributed by atoms with van der Waals surface area (Å²) in [4.78, 5) is 35.6. The van der Waals surface area contributed by atoms with E-state index in [1.165, 1.54) is 17.1 Å². The number of rotatable bonds is 6. The number of nitrogens with one attached hydrogen (secondary N) is 2. The minimum absolute atomic E-state index is 0.00452. The first-order chi connectivity index (χ1) is 18.5. The fraction of sp³-hybridized carbons (Fsp3) is 0.250. The van der Waals surface area contributed by atoms with E-state index in [4.69, 9.17) is 0 Å². The predicted octanol–water partition coefficient (Wildman–Crippen LogP) is 1.30. The summed E-state index contributed by atoms with van der Waals surface area (Å²) in [5.41, 5.74) is 0.236. The number of carbonyl (C=O) groups is 2. The normalized spacial score (nSPS) is 24.8. The fourth-order valence-corrected chi connectivity index (χ4v) is 6.42. The molecule has 4 fully saturated rings. The van der Waals surface area contributed by atoms with E-state index >= 15 is 0 Å². The number of pyridine rings is 1. The van der Waals surface area contributed by atoms with Crippen LogP contribution in [0.2, 0.25) is 0 Å². The van der Waals surface area contributed by atoms with Gasteiger partial charge < -0.3 is 15.2 Å². The second kappa shape index (κ2) is 7.06. The lowest BCUT2D eigenvalue weighted by atomic mass is 9.78. The molecule has 2 saturated heterocycles. The minimum Gasteiger partial charge on any atom is -0.357 e. The Balaban J connectivity index is 1.08. The SMILES string of the molecule is O=C(C(=O)N1C[C@]2(Nc3nnnn3-c3ccccc3)CC13CC32)c1c[nH]c2c(-n3ccnn3)ncc(F)c12. The number of Topliss-reactive ketones (excluding diaryl/α,β-unsaturated/α-hetero) is 1. The van der Waals surface area contributed by atoms with Crippen LogP contribution in [0.3, 0.4) is 0 Å². The van der Waals surface area contributed by atoms with Gasteiger partial charge in [-0.15, -0.1) is 5.10 Å². The third-order valence-electron chi connectivity index (χ3n) is 8.11. The highest BCUT2D eigenvalue weighted by Gasteiger charge is 2.84. The average molecular weight is 511 g/mol. The maximum Gasteiger partial charge on any atom is 0.295 e. The number of hydrogen-bond donors (Lipinski definition) is 2. The summed E-state index contributed by atoms with van der Waals surface area (Å²) in [6.07, 6.45) is 6.84. The summed E-state index contributed by atoms with van der Waals surface area (Å²) in [6, 6.07) is 9.50. The molecule has 2 N–H and O–H groups in total. The molecule has 1 spiro atoms. The Bertz CT molecular complexity index is 1760. The van der Waals surface area contributed by atoms with E-state index in [-0.39, 0.29) is 33.7 Å². The molecule has 2 unspecified atom stereocenters. The minimum atomic E-state index is -0.775. The maximum atomic E-state index is 14.9. The summed E-state index contributed by atoms with van der Waals surface area (Å²) in [5.74, 6) is -1.20. The molecule has 188 valence electrons. The van der Waals surface area contributed by atoms with Gasteiger partial charge >= 0.3 is 0 Å². The highest BCUT2D eigenvalue weighted by Crippen LogP contribution is 2.74. The lowest BCUT2D eigenvalue weighted by Gasteiger charge is -2.36. The molecule has 4 aliphatic rings. The second-order valence-corrected chi connectivity index (χ2v) is 10.0. The number of hydrogen-bond acceptors (Lipinski definition) is 9. The number of aromatic amines is 1. The van der Waals surface area contributed by atoms with E-state index in [0.717, 1.165) is 18.3 Å². The summed E-state index contributed by atoms with van der Waals surface area (Å²) in [5, 5.41) is 23.2. The smallest absolute Gasteiger partial charge is 0.295 e. The summed E-state index contributed by atoms with van der Waals surface area (Å²) < 4.78 is 17.9. The van der Waals surface area contributed by atoms with Gasteiger partial charge in [-0.1, -0.05) is 28.5 Å².